The summed E-state index contributed by atoms with van der Waals surface area (Å²) < 4.78 is 0. The smallest absolute Gasteiger partial charge is 0.248 e. The first-order chi connectivity index (χ1) is 12.5. The number of amides is 3. The maximum absolute atomic E-state index is 12.4. The number of nitrogens with one attached hydrogen (secondary N) is 3. The minimum absolute atomic E-state index is 0.105. The average molecular weight is 358 g/mol. The lowest BCUT2D eigenvalue weighted by Gasteiger charge is -2.39. The molecule has 1 aliphatic carbocycles. The highest BCUT2D eigenvalue weighted by Crippen LogP contribution is 2.32. The lowest BCUT2D eigenvalue weighted by molar-refractivity contribution is -0.126. The summed E-state index contributed by atoms with van der Waals surface area (Å²) in [5, 5.41) is 8.81. The molecule has 2 aliphatic rings. The van der Waals surface area contributed by atoms with Crippen molar-refractivity contribution in [1.29, 1.82) is 0 Å². The summed E-state index contributed by atoms with van der Waals surface area (Å²) in [6.45, 7) is -0.105. The van der Waals surface area contributed by atoms with E-state index in [1.807, 2.05) is 0 Å². The zero-order valence-electron chi connectivity index (χ0n) is 14.8. The number of anilines is 1. The summed E-state index contributed by atoms with van der Waals surface area (Å²) in [5.41, 5.74) is 6.02. The summed E-state index contributed by atoms with van der Waals surface area (Å²) in [6, 6.07) is 6.60. The van der Waals surface area contributed by atoms with Crippen LogP contribution in [0.3, 0.4) is 0 Å². The van der Waals surface area contributed by atoms with Gasteiger partial charge in [0.1, 0.15) is 0 Å². The molecule has 7 nitrogen and oxygen atoms in total. The van der Waals surface area contributed by atoms with Crippen molar-refractivity contribution < 1.29 is 14.4 Å². The first-order valence-electron chi connectivity index (χ1n) is 9.26. The first kappa shape index (κ1) is 18.4. The number of fused-ring (bicyclic) bond motifs is 1. The van der Waals surface area contributed by atoms with Gasteiger partial charge in [0, 0.05) is 17.3 Å². The van der Waals surface area contributed by atoms with Crippen molar-refractivity contribution in [3.8, 4) is 0 Å². The van der Waals surface area contributed by atoms with Crippen molar-refractivity contribution in [3.63, 3.8) is 0 Å². The van der Waals surface area contributed by atoms with Crippen molar-refractivity contribution >= 4 is 23.4 Å². The lowest BCUT2D eigenvalue weighted by Crippen LogP contribution is -2.55. The van der Waals surface area contributed by atoms with E-state index in [2.05, 4.69) is 16.0 Å². The molecule has 1 aromatic rings. The first-order valence-corrected chi connectivity index (χ1v) is 9.26. The van der Waals surface area contributed by atoms with E-state index in [0.717, 1.165) is 19.3 Å². The topological polar surface area (TPSA) is 113 Å². The maximum atomic E-state index is 12.4. The van der Waals surface area contributed by atoms with Gasteiger partial charge in [0.05, 0.1) is 12.6 Å². The normalized spacial score (nSPS) is 25.0. The van der Waals surface area contributed by atoms with E-state index in [-0.39, 0.29) is 24.4 Å². The van der Waals surface area contributed by atoms with Crippen molar-refractivity contribution in [2.75, 3.05) is 11.9 Å². The van der Waals surface area contributed by atoms with E-state index < -0.39 is 5.91 Å². The van der Waals surface area contributed by atoms with Gasteiger partial charge in [0.25, 0.3) is 0 Å². The molecule has 0 spiro atoms. The third-order valence-corrected chi connectivity index (χ3v) is 5.32. The van der Waals surface area contributed by atoms with Crippen LogP contribution in [0.25, 0.3) is 0 Å². The molecule has 0 aromatic heterocycles. The Hall–Kier alpha value is -2.41. The summed E-state index contributed by atoms with van der Waals surface area (Å²) in [5.74, 6) is -0.339. The molecule has 26 heavy (non-hydrogen) atoms. The second-order valence-corrected chi connectivity index (χ2v) is 7.16. The van der Waals surface area contributed by atoms with Crippen LogP contribution in [0.15, 0.2) is 24.3 Å². The monoisotopic (exact) mass is 358 g/mol. The Balaban J connectivity index is 1.46. The van der Waals surface area contributed by atoms with E-state index in [0.29, 0.717) is 23.2 Å². The van der Waals surface area contributed by atoms with Crippen LogP contribution in [0.2, 0.25) is 0 Å². The molecule has 1 saturated carbocycles. The van der Waals surface area contributed by atoms with Crippen LogP contribution >= 0.6 is 0 Å². The fraction of sp³-hybridized carbons (Fsp3) is 0.526. The van der Waals surface area contributed by atoms with Gasteiger partial charge in [-0.2, -0.15) is 0 Å². The van der Waals surface area contributed by atoms with Crippen LogP contribution in [-0.2, 0) is 9.59 Å². The van der Waals surface area contributed by atoms with Gasteiger partial charge in [0.15, 0.2) is 0 Å². The summed E-state index contributed by atoms with van der Waals surface area (Å²) in [4.78, 5) is 35.6. The molecule has 7 heteroatoms. The number of primary amides is 1. The molecule has 1 aliphatic heterocycles. The molecule has 3 rings (SSSR count). The Morgan fingerprint density at radius 1 is 1.12 bits per heavy atom. The van der Waals surface area contributed by atoms with Crippen LogP contribution in [0.5, 0.6) is 0 Å². The van der Waals surface area contributed by atoms with Gasteiger partial charge in [-0.25, -0.2) is 0 Å². The van der Waals surface area contributed by atoms with Gasteiger partial charge in [-0.15, -0.1) is 0 Å². The second-order valence-electron chi connectivity index (χ2n) is 7.16. The lowest BCUT2D eigenvalue weighted by atomic mass is 9.77. The van der Waals surface area contributed by atoms with Crippen LogP contribution < -0.4 is 21.7 Å². The van der Waals surface area contributed by atoms with E-state index in [9.17, 15) is 14.4 Å². The van der Waals surface area contributed by atoms with Crippen molar-refractivity contribution in [3.05, 3.63) is 29.8 Å². The highest BCUT2D eigenvalue weighted by atomic mass is 16.2. The number of rotatable bonds is 5. The standard InChI is InChI=1S/C19H26N4O3/c20-18(25)13-5-3-6-14(10-13)22-17(24)11-21-19(26)16-9-8-12-4-1-2-7-15(12)23-16/h3,5-6,10,12,15-16,23H,1-2,4,7-9,11H2,(H2,20,25)(H,21,26)(H,22,24). The zero-order chi connectivity index (χ0) is 18.5. The van der Waals surface area contributed by atoms with Crippen molar-refractivity contribution in [1.82, 2.24) is 10.6 Å². The molecule has 1 aromatic carbocycles. The molecule has 0 bridgehead atoms. The van der Waals surface area contributed by atoms with Crippen molar-refractivity contribution in [2.45, 2.75) is 50.6 Å². The van der Waals surface area contributed by atoms with Gasteiger partial charge in [0.2, 0.25) is 17.7 Å². The van der Waals surface area contributed by atoms with E-state index in [4.69, 9.17) is 5.73 Å². The Labute approximate surface area is 153 Å². The third kappa shape index (κ3) is 4.60. The molecule has 3 atom stereocenters. The Kier molecular flexibility index (Phi) is 5.88. The fourth-order valence-corrected chi connectivity index (χ4v) is 3.95. The minimum Gasteiger partial charge on any atom is -0.366 e. The van der Waals surface area contributed by atoms with Crippen LogP contribution in [0.1, 0.15) is 48.9 Å². The largest absolute Gasteiger partial charge is 0.366 e. The SMILES string of the molecule is NC(=O)c1cccc(NC(=O)CNC(=O)C2CCC3CCCCC3N2)c1. The van der Waals surface area contributed by atoms with E-state index >= 15 is 0 Å². The van der Waals surface area contributed by atoms with Crippen LogP contribution in [0.4, 0.5) is 5.69 Å². The molecular weight excluding hydrogens is 332 g/mol. The van der Waals surface area contributed by atoms with Gasteiger partial charge < -0.3 is 21.7 Å². The molecule has 5 N–H and O–H groups in total. The average Bonchev–Trinajstić information content (AvgIpc) is 2.66. The summed E-state index contributed by atoms with van der Waals surface area (Å²) >= 11 is 0. The second kappa shape index (κ2) is 8.31. The minimum atomic E-state index is -0.557. The molecule has 0 radical (unpaired) electrons. The van der Waals surface area contributed by atoms with Gasteiger partial charge in [-0.3, -0.25) is 14.4 Å². The van der Waals surface area contributed by atoms with Crippen molar-refractivity contribution in [2.24, 2.45) is 11.7 Å². The number of piperidine rings is 1. The van der Waals surface area contributed by atoms with Gasteiger partial charge in [-0.1, -0.05) is 18.9 Å². The van der Waals surface area contributed by atoms with Gasteiger partial charge >= 0.3 is 0 Å². The predicted molar refractivity (Wildman–Crippen MR) is 98.5 cm³/mol. The third-order valence-electron chi connectivity index (χ3n) is 5.32. The molecule has 1 heterocycles. The predicted octanol–water partition coefficient (Wildman–Crippen LogP) is 1.15. The fourth-order valence-electron chi connectivity index (χ4n) is 3.95. The molecule has 140 valence electrons. The van der Waals surface area contributed by atoms with E-state index in [1.54, 1.807) is 18.2 Å². The Morgan fingerprint density at radius 2 is 1.92 bits per heavy atom. The molecule has 1 saturated heterocycles. The molecule has 3 amide bonds. The number of benzene rings is 1. The molecule has 2 fully saturated rings. The molecular formula is C19H26N4O3. The van der Waals surface area contributed by atoms with Gasteiger partial charge in [-0.05, 0) is 49.8 Å². The Morgan fingerprint density at radius 3 is 2.73 bits per heavy atom. The van der Waals surface area contributed by atoms with Crippen LogP contribution in [0, 0.1) is 5.92 Å². The number of carbonyl (C=O) groups excluding carboxylic acids is 3. The highest BCUT2D eigenvalue weighted by molar-refractivity contribution is 5.98. The number of hydrogen-bond acceptors (Lipinski definition) is 4. The summed E-state index contributed by atoms with van der Waals surface area (Å²) in [6.07, 6.45) is 6.77. The highest BCUT2D eigenvalue weighted by Gasteiger charge is 2.34. The number of carbonyl (C=O) groups is 3. The zero-order valence-corrected chi connectivity index (χ0v) is 14.8. The number of hydrogen-bond donors (Lipinski definition) is 4. The van der Waals surface area contributed by atoms with E-state index in [1.165, 1.54) is 25.3 Å². The summed E-state index contributed by atoms with van der Waals surface area (Å²) in [7, 11) is 0. The number of nitrogens with two attached hydrogens (primary N) is 1. The Bertz CT molecular complexity index is 691. The van der Waals surface area contributed by atoms with Crippen LogP contribution in [-0.4, -0.2) is 36.3 Å². The maximum Gasteiger partial charge on any atom is 0.248 e. The quantitative estimate of drug-likeness (QED) is 0.632. The molecule has 3 unspecified atom stereocenters.